The predicted octanol–water partition coefficient (Wildman–Crippen LogP) is 3.61. The summed E-state index contributed by atoms with van der Waals surface area (Å²) in [5, 5.41) is 23.5. The van der Waals surface area contributed by atoms with E-state index in [1.165, 1.54) is 40.2 Å². The number of nitro groups is 1. The Bertz CT molecular complexity index is 1720. The number of carbonyl (C=O) groups is 1. The highest BCUT2D eigenvalue weighted by molar-refractivity contribution is 7.10. The fraction of sp³-hybridized carbons (Fsp3) is 0.115. The molecule has 0 saturated carbocycles. The fourth-order valence-corrected chi connectivity index (χ4v) is 5.93. The van der Waals surface area contributed by atoms with E-state index in [0.29, 0.717) is 16.1 Å². The number of hydrogen-bond acceptors (Lipinski definition) is 9. The number of esters is 1. The van der Waals surface area contributed by atoms with Gasteiger partial charge >= 0.3 is 11.7 Å². The van der Waals surface area contributed by atoms with Gasteiger partial charge in [0.2, 0.25) is 5.75 Å². The molecule has 9 nitrogen and oxygen atoms in total. The summed E-state index contributed by atoms with van der Waals surface area (Å²) in [7, 11) is 0. The van der Waals surface area contributed by atoms with Crippen LogP contribution in [0.15, 0.2) is 81.4 Å². The second-order valence-electron chi connectivity index (χ2n) is 7.92. The van der Waals surface area contributed by atoms with Crippen LogP contribution in [0.5, 0.6) is 5.75 Å². The second-order valence-corrected chi connectivity index (χ2v) is 9.91. The van der Waals surface area contributed by atoms with Crippen molar-refractivity contribution >= 4 is 46.1 Å². The Morgan fingerprint density at radius 3 is 2.65 bits per heavy atom. The number of rotatable bonds is 6. The van der Waals surface area contributed by atoms with Crippen LogP contribution in [-0.4, -0.2) is 27.2 Å². The first-order valence-electron chi connectivity index (χ1n) is 11.2. The molecule has 4 aromatic rings. The van der Waals surface area contributed by atoms with Crippen LogP contribution in [0.25, 0.3) is 11.8 Å². The molecule has 5 rings (SSSR count). The number of carbonyl (C=O) groups excluding carboxylic acids is 1. The van der Waals surface area contributed by atoms with Crippen molar-refractivity contribution in [2.75, 3.05) is 6.61 Å². The van der Waals surface area contributed by atoms with Gasteiger partial charge in [0, 0.05) is 22.1 Å². The lowest BCUT2D eigenvalue weighted by Crippen LogP contribution is -2.39. The fourth-order valence-electron chi connectivity index (χ4n) is 4.11. The molecule has 3 heterocycles. The number of aromatic nitrogens is 1. The molecule has 186 valence electrons. The van der Waals surface area contributed by atoms with Gasteiger partial charge in [-0.15, -0.1) is 11.3 Å². The van der Waals surface area contributed by atoms with Gasteiger partial charge in [0.05, 0.1) is 27.3 Å². The largest absolute Gasteiger partial charge is 0.502 e. The number of phenolic OH excluding ortho intramolecular Hbond substituents is 1. The molecule has 1 aliphatic heterocycles. The van der Waals surface area contributed by atoms with E-state index in [2.05, 4.69) is 0 Å². The monoisotopic (exact) mass is 533 g/mol. The van der Waals surface area contributed by atoms with Gasteiger partial charge in [-0.2, -0.15) is 0 Å². The van der Waals surface area contributed by atoms with Gasteiger partial charge in [0.1, 0.15) is 6.04 Å². The number of benzene rings is 2. The van der Waals surface area contributed by atoms with Gasteiger partial charge in [-0.05, 0) is 24.4 Å². The first kappa shape index (κ1) is 24.3. The first-order valence-corrected chi connectivity index (χ1v) is 12.9. The maximum Gasteiger partial charge on any atom is 0.338 e. The minimum atomic E-state index is -0.786. The van der Waals surface area contributed by atoms with E-state index in [4.69, 9.17) is 9.73 Å². The molecule has 0 unspecified atom stereocenters. The summed E-state index contributed by atoms with van der Waals surface area (Å²) in [6.07, 6.45) is 1.40. The van der Waals surface area contributed by atoms with Crippen LogP contribution in [0.3, 0.4) is 0 Å². The standard InChI is InChI=1S/C26H19N3O6S2/c1-2-35-25(32)20-21(15-8-4-3-5-9-15)27-26-28(22(20)18-12-7-13-36-18)24(31)19(37-26)14-16-10-6-11-17(23(16)30)29(33)34/h3-14,22,30H,2H2,1H3/t22-/m1/s1. The van der Waals surface area contributed by atoms with Crippen molar-refractivity contribution < 1.29 is 19.6 Å². The number of thiazole rings is 1. The zero-order valence-corrected chi connectivity index (χ0v) is 21.0. The SMILES string of the molecule is CCOC(=O)C1=C(c2ccccc2)N=c2sc(=Cc3cccc([N+](=O)[O-])c3O)c(=O)n2[C@@H]1c1cccs1. The van der Waals surface area contributed by atoms with E-state index in [-0.39, 0.29) is 22.3 Å². The summed E-state index contributed by atoms with van der Waals surface area (Å²) in [6.45, 7) is 1.86. The van der Waals surface area contributed by atoms with Crippen LogP contribution in [0.4, 0.5) is 5.69 Å². The van der Waals surface area contributed by atoms with E-state index in [1.54, 1.807) is 6.92 Å². The second kappa shape index (κ2) is 9.96. The molecule has 37 heavy (non-hydrogen) atoms. The molecule has 1 N–H and O–H groups in total. The van der Waals surface area contributed by atoms with Crippen LogP contribution in [0.1, 0.15) is 29.0 Å². The Labute approximate surface area is 217 Å². The third-order valence-corrected chi connectivity index (χ3v) is 7.62. The van der Waals surface area contributed by atoms with Gasteiger partial charge in [0.25, 0.3) is 5.56 Å². The lowest BCUT2D eigenvalue weighted by atomic mass is 9.97. The number of nitro benzene ring substituents is 1. The molecule has 0 radical (unpaired) electrons. The Balaban J connectivity index is 1.81. The average molecular weight is 534 g/mol. The third kappa shape index (κ3) is 4.39. The Hall–Kier alpha value is -4.35. The number of nitrogens with zero attached hydrogens (tertiary/aromatic N) is 3. The maximum atomic E-state index is 13.7. The van der Waals surface area contributed by atoms with Gasteiger partial charge in [0.15, 0.2) is 4.80 Å². The lowest BCUT2D eigenvalue weighted by Gasteiger charge is -2.24. The molecule has 11 heteroatoms. The molecule has 2 aromatic heterocycles. The normalized spacial score (nSPS) is 15.3. The zero-order valence-electron chi connectivity index (χ0n) is 19.4. The highest BCUT2D eigenvalue weighted by atomic mass is 32.1. The number of aromatic hydroxyl groups is 1. The van der Waals surface area contributed by atoms with Crippen molar-refractivity contribution in [3.05, 3.63) is 117 Å². The summed E-state index contributed by atoms with van der Waals surface area (Å²) in [5.41, 5.74) is 0.563. The van der Waals surface area contributed by atoms with Crippen molar-refractivity contribution in [1.82, 2.24) is 4.57 Å². The molecule has 0 fully saturated rings. The molecular formula is C26H19N3O6S2. The number of ether oxygens (including phenoxy) is 1. The van der Waals surface area contributed by atoms with Crippen molar-refractivity contribution in [3.8, 4) is 5.75 Å². The van der Waals surface area contributed by atoms with Crippen LogP contribution in [0, 0.1) is 10.1 Å². The lowest BCUT2D eigenvalue weighted by molar-refractivity contribution is -0.385. The predicted molar refractivity (Wildman–Crippen MR) is 140 cm³/mol. The van der Waals surface area contributed by atoms with Crippen molar-refractivity contribution in [2.45, 2.75) is 13.0 Å². The minimum Gasteiger partial charge on any atom is -0.502 e. The van der Waals surface area contributed by atoms with E-state index in [1.807, 2.05) is 47.8 Å². The Morgan fingerprint density at radius 1 is 1.19 bits per heavy atom. The molecule has 0 amide bonds. The summed E-state index contributed by atoms with van der Waals surface area (Å²) >= 11 is 2.47. The topological polar surface area (TPSA) is 124 Å². The van der Waals surface area contributed by atoms with E-state index < -0.39 is 33.9 Å². The van der Waals surface area contributed by atoms with Crippen molar-refractivity contribution in [1.29, 1.82) is 0 Å². The Morgan fingerprint density at radius 2 is 1.97 bits per heavy atom. The molecule has 0 spiro atoms. The first-order chi connectivity index (χ1) is 17.9. The number of para-hydroxylation sites is 1. The summed E-state index contributed by atoms with van der Waals surface area (Å²) in [5.74, 6) is -1.11. The molecule has 2 aromatic carbocycles. The average Bonchev–Trinajstić information content (AvgIpc) is 3.53. The van der Waals surface area contributed by atoms with E-state index >= 15 is 0 Å². The van der Waals surface area contributed by atoms with Gasteiger partial charge in [-0.3, -0.25) is 19.5 Å². The van der Waals surface area contributed by atoms with Crippen molar-refractivity contribution in [3.63, 3.8) is 0 Å². The van der Waals surface area contributed by atoms with Gasteiger partial charge in [-0.25, -0.2) is 9.79 Å². The van der Waals surface area contributed by atoms with E-state index in [9.17, 15) is 24.8 Å². The highest BCUT2D eigenvalue weighted by Gasteiger charge is 2.35. The highest BCUT2D eigenvalue weighted by Crippen LogP contribution is 2.37. The Kier molecular flexibility index (Phi) is 6.55. The van der Waals surface area contributed by atoms with Crippen LogP contribution in [-0.2, 0) is 9.53 Å². The third-order valence-electron chi connectivity index (χ3n) is 5.72. The number of phenols is 1. The molecule has 0 saturated heterocycles. The quantitative estimate of drug-likeness (QED) is 0.229. The summed E-state index contributed by atoms with van der Waals surface area (Å²) in [4.78, 5) is 43.4. The van der Waals surface area contributed by atoms with Crippen LogP contribution >= 0.6 is 22.7 Å². The molecule has 0 aliphatic carbocycles. The van der Waals surface area contributed by atoms with E-state index in [0.717, 1.165) is 16.2 Å². The smallest absolute Gasteiger partial charge is 0.338 e. The van der Waals surface area contributed by atoms with Crippen molar-refractivity contribution in [2.24, 2.45) is 4.99 Å². The summed E-state index contributed by atoms with van der Waals surface area (Å²) in [6, 6.07) is 16.2. The molecule has 1 atom stereocenters. The molecule has 0 bridgehead atoms. The number of hydrogen-bond donors (Lipinski definition) is 1. The van der Waals surface area contributed by atoms with Crippen LogP contribution in [0.2, 0.25) is 0 Å². The molecule has 1 aliphatic rings. The maximum absolute atomic E-state index is 13.7. The minimum absolute atomic E-state index is 0.125. The summed E-state index contributed by atoms with van der Waals surface area (Å²) < 4.78 is 7.04. The zero-order chi connectivity index (χ0) is 26.1. The number of thiophene rings is 1. The molecular weight excluding hydrogens is 514 g/mol. The van der Waals surface area contributed by atoms with Crippen LogP contribution < -0.4 is 14.9 Å². The van der Waals surface area contributed by atoms with Gasteiger partial charge in [-0.1, -0.05) is 59.9 Å². The number of fused-ring (bicyclic) bond motifs is 1. The van der Waals surface area contributed by atoms with Gasteiger partial charge < -0.3 is 9.84 Å².